The molecular weight excluding hydrogens is 257 g/mol. The van der Waals surface area contributed by atoms with Gasteiger partial charge in [-0.3, -0.25) is 4.79 Å². The molecule has 1 amide bonds. The smallest absolute Gasteiger partial charge is 0.220 e. The first-order valence-corrected chi connectivity index (χ1v) is 7.10. The van der Waals surface area contributed by atoms with Gasteiger partial charge in [-0.1, -0.05) is 32.9 Å². The first kappa shape index (κ1) is 16.6. The lowest BCUT2D eigenvalue weighted by atomic mass is 9.97. The molecule has 20 heavy (non-hydrogen) atoms. The highest BCUT2D eigenvalue weighted by Crippen LogP contribution is 2.19. The van der Waals surface area contributed by atoms with Crippen LogP contribution in [0.2, 0.25) is 0 Å². The van der Waals surface area contributed by atoms with Gasteiger partial charge in [0.2, 0.25) is 5.91 Å². The summed E-state index contributed by atoms with van der Waals surface area (Å²) in [5.41, 5.74) is 0.948. The van der Waals surface area contributed by atoms with Crippen molar-refractivity contribution in [1.82, 2.24) is 5.32 Å². The van der Waals surface area contributed by atoms with Gasteiger partial charge in [-0.05, 0) is 36.0 Å². The van der Waals surface area contributed by atoms with E-state index in [9.17, 15) is 14.3 Å². The van der Waals surface area contributed by atoms with E-state index >= 15 is 0 Å². The number of nitrogens with one attached hydrogen (secondary N) is 1. The summed E-state index contributed by atoms with van der Waals surface area (Å²) in [4.78, 5) is 11.8. The predicted octanol–water partition coefficient (Wildman–Crippen LogP) is 2.84. The monoisotopic (exact) mass is 281 g/mol. The fourth-order valence-electron chi connectivity index (χ4n) is 1.95. The Morgan fingerprint density at radius 3 is 2.40 bits per heavy atom. The molecular formula is C16H24FNO2. The number of aliphatic hydroxyl groups excluding tert-OH is 1. The standard InChI is InChI=1S/C16H24FNO2/c1-11(2)15(19)8-9-18-16(20)10-12(3)13-4-6-14(17)7-5-13/h4-7,11-12,15,19H,8-10H2,1-3H3,(H,18,20)/t12-,15+/m1/s1. The number of halogens is 1. The number of rotatable bonds is 7. The zero-order chi connectivity index (χ0) is 15.1. The number of carbonyl (C=O) groups excluding carboxylic acids is 1. The molecule has 0 aliphatic heterocycles. The van der Waals surface area contributed by atoms with Gasteiger partial charge in [-0.2, -0.15) is 0 Å². The lowest BCUT2D eigenvalue weighted by Gasteiger charge is -2.15. The average Bonchev–Trinajstić information content (AvgIpc) is 2.39. The van der Waals surface area contributed by atoms with E-state index in [2.05, 4.69) is 5.32 Å². The number of hydrogen-bond donors (Lipinski definition) is 2. The Bertz CT molecular complexity index is 417. The molecule has 0 radical (unpaired) electrons. The van der Waals surface area contributed by atoms with Crippen molar-refractivity contribution in [3.05, 3.63) is 35.6 Å². The molecule has 0 spiro atoms. The van der Waals surface area contributed by atoms with Crippen molar-refractivity contribution in [2.75, 3.05) is 6.54 Å². The fraction of sp³-hybridized carbons (Fsp3) is 0.562. The molecule has 0 aliphatic rings. The number of benzene rings is 1. The Labute approximate surface area is 120 Å². The lowest BCUT2D eigenvalue weighted by molar-refractivity contribution is -0.121. The average molecular weight is 281 g/mol. The van der Waals surface area contributed by atoms with Crippen molar-refractivity contribution in [2.24, 2.45) is 5.92 Å². The summed E-state index contributed by atoms with van der Waals surface area (Å²) in [6.07, 6.45) is 0.544. The second-order valence-electron chi connectivity index (χ2n) is 5.61. The van der Waals surface area contributed by atoms with Gasteiger partial charge in [0.25, 0.3) is 0 Å². The van der Waals surface area contributed by atoms with Crippen LogP contribution in [0.15, 0.2) is 24.3 Å². The van der Waals surface area contributed by atoms with Crippen LogP contribution in [0.3, 0.4) is 0 Å². The Hall–Kier alpha value is -1.42. The van der Waals surface area contributed by atoms with E-state index in [4.69, 9.17) is 0 Å². The summed E-state index contributed by atoms with van der Waals surface area (Å²) in [6, 6.07) is 6.22. The Morgan fingerprint density at radius 1 is 1.25 bits per heavy atom. The van der Waals surface area contributed by atoms with Crippen molar-refractivity contribution in [2.45, 2.75) is 45.6 Å². The van der Waals surface area contributed by atoms with E-state index in [-0.39, 0.29) is 29.7 Å². The number of carbonyl (C=O) groups is 1. The molecule has 1 aromatic rings. The highest BCUT2D eigenvalue weighted by atomic mass is 19.1. The first-order valence-electron chi connectivity index (χ1n) is 7.10. The highest BCUT2D eigenvalue weighted by Gasteiger charge is 2.13. The van der Waals surface area contributed by atoms with Crippen LogP contribution < -0.4 is 5.32 Å². The fourth-order valence-corrected chi connectivity index (χ4v) is 1.95. The topological polar surface area (TPSA) is 49.3 Å². The van der Waals surface area contributed by atoms with Crippen molar-refractivity contribution in [3.8, 4) is 0 Å². The minimum atomic E-state index is -0.384. The van der Waals surface area contributed by atoms with Gasteiger partial charge in [0.05, 0.1) is 6.10 Å². The van der Waals surface area contributed by atoms with Crippen LogP contribution in [-0.2, 0) is 4.79 Å². The molecule has 0 fully saturated rings. The van der Waals surface area contributed by atoms with E-state index in [1.165, 1.54) is 12.1 Å². The largest absolute Gasteiger partial charge is 0.393 e. The minimum Gasteiger partial charge on any atom is -0.393 e. The second kappa shape index (κ2) is 8.00. The summed E-state index contributed by atoms with van der Waals surface area (Å²) in [7, 11) is 0. The molecule has 2 N–H and O–H groups in total. The van der Waals surface area contributed by atoms with E-state index < -0.39 is 0 Å². The van der Waals surface area contributed by atoms with Gasteiger partial charge in [-0.15, -0.1) is 0 Å². The van der Waals surface area contributed by atoms with Crippen molar-refractivity contribution in [3.63, 3.8) is 0 Å². The van der Waals surface area contributed by atoms with Crippen LogP contribution in [0.5, 0.6) is 0 Å². The van der Waals surface area contributed by atoms with Gasteiger partial charge in [0, 0.05) is 13.0 Å². The molecule has 3 nitrogen and oxygen atoms in total. The van der Waals surface area contributed by atoms with E-state index in [1.54, 1.807) is 12.1 Å². The molecule has 112 valence electrons. The molecule has 0 saturated heterocycles. The lowest BCUT2D eigenvalue weighted by Crippen LogP contribution is -2.29. The SMILES string of the molecule is CC(C)[C@@H](O)CCNC(=O)C[C@@H](C)c1ccc(F)cc1. The van der Waals surface area contributed by atoms with Crippen molar-refractivity contribution < 1.29 is 14.3 Å². The summed E-state index contributed by atoms with van der Waals surface area (Å²) in [5, 5.41) is 12.4. The number of hydrogen-bond acceptors (Lipinski definition) is 2. The molecule has 4 heteroatoms. The van der Waals surface area contributed by atoms with Gasteiger partial charge in [0.1, 0.15) is 5.82 Å². The Morgan fingerprint density at radius 2 is 1.85 bits per heavy atom. The van der Waals surface area contributed by atoms with Gasteiger partial charge in [-0.25, -0.2) is 4.39 Å². The van der Waals surface area contributed by atoms with E-state index in [1.807, 2.05) is 20.8 Å². The first-order chi connectivity index (χ1) is 9.40. The molecule has 0 unspecified atom stereocenters. The quantitative estimate of drug-likeness (QED) is 0.807. The van der Waals surface area contributed by atoms with Crippen LogP contribution in [0.4, 0.5) is 4.39 Å². The van der Waals surface area contributed by atoms with Crippen LogP contribution in [0, 0.1) is 11.7 Å². The maximum absolute atomic E-state index is 12.8. The summed E-state index contributed by atoms with van der Waals surface area (Å²) in [6.45, 7) is 6.32. The third-order valence-electron chi connectivity index (χ3n) is 3.46. The molecule has 0 bridgehead atoms. The number of aliphatic hydroxyl groups is 1. The second-order valence-corrected chi connectivity index (χ2v) is 5.61. The Kier molecular flexibility index (Phi) is 6.65. The molecule has 0 aromatic heterocycles. The van der Waals surface area contributed by atoms with E-state index in [0.29, 0.717) is 19.4 Å². The maximum atomic E-state index is 12.8. The van der Waals surface area contributed by atoms with Gasteiger partial charge < -0.3 is 10.4 Å². The van der Waals surface area contributed by atoms with Gasteiger partial charge in [0.15, 0.2) is 0 Å². The third-order valence-corrected chi connectivity index (χ3v) is 3.46. The van der Waals surface area contributed by atoms with Crippen LogP contribution >= 0.6 is 0 Å². The normalized spacial score (nSPS) is 14.1. The van der Waals surface area contributed by atoms with E-state index in [0.717, 1.165) is 5.56 Å². The van der Waals surface area contributed by atoms with Crippen LogP contribution in [0.1, 0.15) is 45.1 Å². The number of amides is 1. The maximum Gasteiger partial charge on any atom is 0.220 e. The zero-order valence-corrected chi connectivity index (χ0v) is 12.4. The molecule has 2 atom stereocenters. The third kappa shape index (κ3) is 5.70. The van der Waals surface area contributed by atoms with Crippen molar-refractivity contribution in [1.29, 1.82) is 0 Å². The predicted molar refractivity (Wildman–Crippen MR) is 77.9 cm³/mol. The summed E-state index contributed by atoms with van der Waals surface area (Å²) in [5.74, 6) is -0.0680. The van der Waals surface area contributed by atoms with Gasteiger partial charge >= 0.3 is 0 Å². The molecule has 0 heterocycles. The molecule has 0 saturated carbocycles. The zero-order valence-electron chi connectivity index (χ0n) is 12.4. The molecule has 1 aromatic carbocycles. The Balaban J connectivity index is 2.33. The van der Waals surface area contributed by atoms with Crippen molar-refractivity contribution >= 4 is 5.91 Å². The minimum absolute atomic E-state index is 0.0437. The summed E-state index contributed by atoms with van der Waals surface area (Å²) >= 11 is 0. The highest BCUT2D eigenvalue weighted by molar-refractivity contribution is 5.76. The molecule has 1 rings (SSSR count). The summed E-state index contributed by atoms with van der Waals surface area (Å²) < 4.78 is 12.8. The van der Waals surface area contributed by atoms with Crippen LogP contribution in [0.25, 0.3) is 0 Å². The molecule has 0 aliphatic carbocycles. The van der Waals surface area contributed by atoms with Crippen LogP contribution in [-0.4, -0.2) is 23.7 Å².